The molecular weight excluding hydrogens is 841 g/mol. The number of esters is 3. The first-order valence-electron chi connectivity index (χ1n) is 28.9. The molecule has 68 heavy (non-hydrogen) atoms. The molecule has 0 radical (unpaired) electrons. The first-order chi connectivity index (χ1) is 33.5. The van der Waals surface area contributed by atoms with E-state index in [1.54, 1.807) is 0 Å². The Morgan fingerprint density at radius 3 is 0.868 bits per heavy atom. The lowest BCUT2D eigenvalue weighted by Gasteiger charge is -2.18. The Balaban J connectivity index is 4.28. The Morgan fingerprint density at radius 2 is 0.574 bits per heavy atom. The van der Waals surface area contributed by atoms with Gasteiger partial charge in [0.05, 0.1) is 0 Å². The fourth-order valence-corrected chi connectivity index (χ4v) is 8.18. The highest BCUT2D eigenvalue weighted by atomic mass is 16.6. The van der Waals surface area contributed by atoms with Crippen LogP contribution in [0.3, 0.4) is 0 Å². The van der Waals surface area contributed by atoms with E-state index in [9.17, 15) is 14.4 Å². The van der Waals surface area contributed by atoms with Gasteiger partial charge in [-0.05, 0) is 57.8 Å². The normalized spacial score (nSPS) is 12.6. The molecule has 0 aliphatic carbocycles. The Bertz CT molecular complexity index is 1270. The van der Waals surface area contributed by atoms with Crippen molar-refractivity contribution in [2.75, 3.05) is 13.2 Å². The second kappa shape index (κ2) is 56.4. The quantitative estimate of drug-likeness (QED) is 0.0262. The molecule has 1 unspecified atom stereocenters. The van der Waals surface area contributed by atoms with Crippen LogP contribution in [0.2, 0.25) is 0 Å². The second-order valence-corrected chi connectivity index (χ2v) is 19.2. The third-order valence-electron chi connectivity index (χ3n) is 12.5. The Labute approximate surface area is 421 Å². The fourth-order valence-electron chi connectivity index (χ4n) is 8.18. The van der Waals surface area contributed by atoms with Crippen molar-refractivity contribution in [1.82, 2.24) is 0 Å². The number of hydrogen-bond donors (Lipinski definition) is 0. The zero-order valence-corrected chi connectivity index (χ0v) is 44.9. The first kappa shape index (κ1) is 64.8. The minimum absolute atomic E-state index is 0.102. The van der Waals surface area contributed by atoms with Gasteiger partial charge < -0.3 is 14.2 Å². The summed E-state index contributed by atoms with van der Waals surface area (Å²) < 4.78 is 16.7. The van der Waals surface area contributed by atoms with Crippen LogP contribution in [0.5, 0.6) is 0 Å². The van der Waals surface area contributed by atoms with E-state index in [1.165, 1.54) is 161 Å². The van der Waals surface area contributed by atoms with Gasteiger partial charge in [0.15, 0.2) is 6.10 Å². The summed E-state index contributed by atoms with van der Waals surface area (Å²) in [6.45, 7) is 6.46. The lowest BCUT2D eigenvalue weighted by molar-refractivity contribution is -0.166. The monoisotopic (exact) mass is 949 g/mol. The van der Waals surface area contributed by atoms with Crippen LogP contribution in [0, 0.1) is 0 Å². The molecule has 392 valence electrons. The van der Waals surface area contributed by atoms with Crippen LogP contribution in [0.4, 0.5) is 0 Å². The summed E-state index contributed by atoms with van der Waals surface area (Å²) in [6.07, 6.45) is 72.2. The lowest BCUT2D eigenvalue weighted by Crippen LogP contribution is -2.30. The summed E-state index contributed by atoms with van der Waals surface area (Å²) in [7, 11) is 0. The molecule has 0 N–H and O–H groups in total. The maximum Gasteiger partial charge on any atom is 0.306 e. The van der Waals surface area contributed by atoms with E-state index in [0.29, 0.717) is 19.3 Å². The molecular formula is C62H108O6. The molecule has 6 nitrogen and oxygen atoms in total. The average Bonchev–Trinajstić information content (AvgIpc) is 3.34. The summed E-state index contributed by atoms with van der Waals surface area (Å²) >= 11 is 0. The van der Waals surface area contributed by atoms with E-state index in [-0.39, 0.29) is 37.5 Å². The van der Waals surface area contributed by atoms with Gasteiger partial charge in [-0.25, -0.2) is 0 Å². The average molecular weight is 950 g/mol. The van der Waals surface area contributed by atoms with E-state index in [2.05, 4.69) is 87.6 Å². The van der Waals surface area contributed by atoms with Crippen LogP contribution in [0.25, 0.3) is 0 Å². The molecule has 0 aliphatic heterocycles. The van der Waals surface area contributed by atoms with Gasteiger partial charge in [0.2, 0.25) is 0 Å². The van der Waals surface area contributed by atoms with E-state index in [4.69, 9.17) is 14.2 Å². The molecule has 0 aromatic carbocycles. The van der Waals surface area contributed by atoms with Crippen LogP contribution in [0.15, 0.2) is 72.9 Å². The Morgan fingerprint density at radius 1 is 0.309 bits per heavy atom. The number of hydrogen-bond acceptors (Lipinski definition) is 6. The highest BCUT2D eigenvalue weighted by Crippen LogP contribution is 2.17. The molecule has 0 aliphatic rings. The molecule has 0 heterocycles. The Kier molecular flexibility index (Phi) is 53.8. The van der Waals surface area contributed by atoms with E-state index in [0.717, 1.165) is 77.0 Å². The smallest absolute Gasteiger partial charge is 0.306 e. The molecule has 0 spiro atoms. The first-order valence-corrected chi connectivity index (χ1v) is 28.9. The zero-order chi connectivity index (χ0) is 49.3. The standard InChI is InChI=1S/C62H108O6/c1-4-7-10-13-16-19-21-23-25-27-29-30-31-32-34-35-37-39-41-43-46-49-52-55-61(64)67-58-59(57-66-60(63)54-51-48-45-18-15-12-9-6-3)68-62(65)56-53-50-47-44-42-40-38-36-33-28-26-24-22-20-17-14-11-8-5-2/h8,11,17,20,24,26,33,36,40,42,47,50,59H,4-7,9-10,12-16,18-19,21-23,25,27-32,34-35,37-39,41,43-46,48-49,51-58H2,1-3H3/b11-8-,20-17-,26-24-,36-33-,42-40-,50-47-. The largest absolute Gasteiger partial charge is 0.462 e. The van der Waals surface area contributed by atoms with Crippen molar-refractivity contribution >= 4 is 17.9 Å². The highest BCUT2D eigenvalue weighted by Gasteiger charge is 2.19. The molecule has 0 amide bonds. The summed E-state index contributed by atoms with van der Waals surface area (Å²) in [6, 6.07) is 0. The van der Waals surface area contributed by atoms with Gasteiger partial charge >= 0.3 is 17.9 Å². The van der Waals surface area contributed by atoms with E-state index < -0.39 is 6.10 Å². The summed E-state index contributed by atoms with van der Waals surface area (Å²) in [5.74, 6) is -0.983. The number of carbonyl (C=O) groups excluding carboxylic acids is 3. The van der Waals surface area contributed by atoms with Gasteiger partial charge in [-0.3, -0.25) is 14.4 Å². The minimum atomic E-state index is -0.811. The van der Waals surface area contributed by atoms with Crippen molar-refractivity contribution in [3.8, 4) is 0 Å². The molecule has 0 saturated carbocycles. The van der Waals surface area contributed by atoms with Gasteiger partial charge in [-0.2, -0.15) is 0 Å². The van der Waals surface area contributed by atoms with Crippen molar-refractivity contribution in [3.05, 3.63) is 72.9 Å². The molecule has 0 bridgehead atoms. The predicted molar refractivity (Wildman–Crippen MR) is 293 cm³/mol. The van der Waals surface area contributed by atoms with Crippen molar-refractivity contribution in [2.24, 2.45) is 0 Å². The highest BCUT2D eigenvalue weighted by molar-refractivity contribution is 5.71. The van der Waals surface area contributed by atoms with Crippen LogP contribution in [-0.2, 0) is 28.6 Å². The van der Waals surface area contributed by atoms with Gasteiger partial charge in [0.1, 0.15) is 13.2 Å². The third-order valence-corrected chi connectivity index (χ3v) is 12.5. The summed E-state index contributed by atoms with van der Waals surface area (Å²) in [5.41, 5.74) is 0. The second-order valence-electron chi connectivity index (χ2n) is 19.2. The van der Waals surface area contributed by atoms with Crippen molar-refractivity contribution in [2.45, 2.75) is 290 Å². The topological polar surface area (TPSA) is 78.9 Å². The summed E-state index contributed by atoms with van der Waals surface area (Å²) in [4.78, 5) is 37.9. The fraction of sp³-hybridized carbons (Fsp3) is 0.758. The molecule has 1 atom stereocenters. The van der Waals surface area contributed by atoms with Crippen molar-refractivity contribution in [3.63, 3.8) is 0 Å². The number of carbonyl (C=O) groups is 3. The maximum atomic E-state index is 12.8. The maximum absolute atomic E-state index is 12.8. The summed E-state index contributed by atoms with van der Waals surface area (Å²) in [5, 5.41) is 0. The van der Waals surface area contributed by atoms with E-state index >= 15 is 0 Å². The van der Waals surface area contributed by atoms with Gasteiger partial charge in [0, 0.05) is 19.3 Å². The van der Waals surface area contributed by atoms with E-state index in [1.807, 2.05) is 6.08 Å². The number of unbranched alkanes of at least 4 members (excludes halogenated alkanes) is 29. The molecule has 0 saturated heterocycles. The van der Waals surface area contributed by atoms with Crippen LogP contribution < -0.4 is 0 Å². The number of allylic oxidation sites excluding steroid dienone is 12. The van der Waals surface area contributed by atoms with Crippen LogP contribution >= 0.6 is 0 Å². The van der Waals surface area contributed by atoms with Crippen LogP contribution in [0.1, 0.15) is 284 Å². The molecule has 6 heteroatoms. The van der Waals surface area contributed by atoms with Gasteiger partial charge in [-0.1, -0.05) is 280 Å². The predicted octanol–water partition coefficient (Wildman–Crippen LogP) is 19.4. The third kappa shape index (κ3) is 53.8. The molecule has 0 fully saturated rings. The van der Waals surface area contributed by atoms with Crippen molar-refractivity contribution in [1.29, 1.82) is 0 Å². The Hall–Kier alpha value is -3.15. The van der Waals surface area contributed by atoms with Gasteiger partial charge in [-0.15, -0.1) is 0 Å². The minimum Gasteiger partial charge on any atom is -0.462 e. The number of rotatable bonds is 52. The van der Waals surface area contributed by atoms with Crippen molar-refractivity contribution < 1.29 is 28.6 Å². The molecule has 0 aromatic rings. The lowest BCUT2D eigenvalue weighted by atomic mass is 10.0. The zero-order valence-electron chi connectivity index (χ0n) is 44.9. The number of ether oxygens (including phenoxy) is 3. The van der Waals surface area contributed by atoms with Gasteiger partial charge in [0.25, 0.3) is 0 Å². The van der Waals surface area contributed by atoms with Crippen LogP contribution in [-0.4, -0.2) is 37.2 Å². The SMILES string of the molecule is CC/C=C\C/C=C\C/C=C\C/C=C\C/C=C\C/C=C\CCC(=O)OC(COC(=O)CCCCCCCCCC)COC(=O)CCCCCCCCCCCCCCCCCCCCCCCCC. The molecule has 0 aromatic heterocycles. The molecule has 0 rings (SSSR count).